The fourth-order valence-electron chi connectivity index (χ4n) is 4.71. The van der Waals surface area contributed by atoms with Gasteiger partial charge in [-0.15, -0.1) is 0 Å². The Hall–Kier alpha value is -3.87. The van der Waals surface area contributed by atoms with Crippen LogP contribution in [0.5, 0.6) is 0 Å². The standard InChI is InChI=1S/C27H30N4O3/c1-6-31-23-12-17(2)19(13-21(23)18(3)15-27(31,4)5)14-22-25(33)30(26(34)29-22)16-24(32)28-20-10-8-7-9-11-20/h7-15H,6,16H2,1-5H3,(H,28,32)(H,29,34)/b22-14+. The van der Waals surface area contributed by atoms with E-state index in [4.69, 9.17) is 0 Å². The molecule has 4 rings (SSSR count). The summed E-state index contributed by atoms with van der Waals surface area (Å²) in [6, 6.07) is 12.5. The molecule has 0 atom stereocenters. The van der Waals surface area contributed by atoms with Crippen molar-refractivity contribution in [3.63, 3.8) is 0 Å². The minimum Gasteiger partial charge on any atom is -0.363 e. The summed E-state index contributed by atoms with van der Waals surface area (Å²) in [5, 5.41) is 5.31. The summed E-state index contributed by atoms with van der Waals surface area (Å²) in [7, 11) is 0. The second-order valence-corrected chi connectivity index (χ2v) is 9.24. The van der Waals surface area contributed by atoms with Crippen molar-refractivity contribution < 1.29 is 14.4 Å². The van der Waals surface area contributed by atoms with Crippen LogP contribution in [0.1, 0.15) is 44.4 Å². The van der Waals surface area contributed by atoms with E-state index in [0.29, 0.717) is 5.69 Å². The summed E-state index contributed by atoms with van der Waals surface area (Å²) in [5.74, 6) is -0.960. The molecule has 0 aromatic heterocycles. The van der Waals surface area contributed by atoms with E-state index in [1.807, 2.05) is 13.0 Å². The Morgan fingerprint density at radius 3 is 2.50 bits per heavy atom. The predicted molar refractivity (Wildman–Crippen MR) is 135 cm³/mol. The van der Waals surface area contributed by atoms with E-state index in [9.17, 15) is 14.4 Å². The fourth-order valence-corrected chi connectivity index (χ4v) is 4.71. The van der Waals surface area contributed by atoms with E-state index in [-0.39, 0.29) is 17.8 Å². The molecule has 0 radical (unpaired) electrons. The Morgan fingerprint density at radius 1 is 1.12 bits per heavy atom. The van der Waals surface area contributed by atoms with E-state index < -0.39 is 17.8 Å². The van der Waals surface area contributed by atoms with Crippen molar-refractivity contribution in [1.29, 1.82) is 0 Å². The van der Waals surface area contributed by atoms with Crippen LogP contribution in [0.3, 0.4) is 0 Å². The van der Waals surface area contributed by atoms with Crippen molar-refractivity contribution >= 4 is 40.9 Å². The molecule has 0 bridgehead atoms. The van der Waals surface area contributed by atoms with Crippen molar-refractivity contribution in [1.82, 2.24) is 10.2 Å². The number of fused-ring (bicyclic) bond motifs is 1. The number of rotatable bonds is 5. The van der Waals surface area contributed by atoms with Crippen LogP contribution in [0.15, 0.2) is 54.2 Å². The normalized spacial score (nSPS) is 18.0. The molecule has 2 aliphatic heterocycles. The van der Waals surface area contributed by atoms with Crippen molar-refractivity contribution in [3.8, 4) is 0 Å². The number of urea groups is 1. The van der Waals surface area contributed by atoms with E-state index in [1.165, 1.54) is 5.57 Å². The molecule has 0 unspecified atom stereocenters. The second kappa shape index (κ2) is 8.82. The van der Waals surface area contributed by atoms with Gasteiger partial charge in [-0.25, -0.2) is 9.69 Å². The summed E-state index contributed by atoms with van der Waals surface area (Å²) in [6.07, 6.45) is 3.94. The second-order valence-electron chi connectivity index (χ2n) is 9.24. The summed E-state index contributed by atoms with van der Waals surface area (Å²) in [6.45, 7) is 11.1. The molecule has 2 N–H and O–H groups in total. The van der Waals surface area contributed by atoms with Gasteiger partial charge in [-0.05, 0) is 81.7 Å². The first-order chi connectivity index (χ1) is 16.1. The molecule has 4 amide bonds. The molecule has 34 heavy (non-hydrogen) atoms. The number of nitrogens with one attached hydrogen (secondary N) is 2. The van der Waals surface area contributed by atoms with Gasteiger partial charge in [0, 0.05) is 23.5 Å². The van der Waals surface area contributed by atoms with Gasteiger partial charge in [0.2, 0.25) is 5.91 Å². The first-order valence-electron chi connectivity index (χ1n) is 11.4. The number of carbonyl (C=O) groups excluding carboxylic acids is 3. The molecule has 2 aliphatic rings. The molecule has 1 saturated heterocycles. The molecule has 7 nitrogen and oxygen atoms in total. The van der Waals surface area contributed by atoms with Gasteiger partial charge in [0.1, 0.15) is 12.2 Å². The highest BCUT2D eigenvalue weighted by atomic mass is 16.2. The van der Waals surface area contributed by atoms with Crippen molar-refractivity contribution in [3.05, 3.63) is 70.9 Å². The number of hydrogen-bond donors (Lipinski definition) is 2. The lowest BCUT2D eigenvalue weighted by molar-refractivity contribution is -0.127. The number of benzene rings is 2. The smallest absolute Gasteiger partial charge is 0.329 e. The maximum absolute atomic E-state index is 12.9. The Bertz CT molecular complexity index is 1230. The van der Waals surface area contributed by atoms with E-state index >= 15 is 0 Å². The highest BCUT2D eigenvalue weighted by Crippen LogP contribution is 2.40. The number of nitrogens with zero attached hydrogens (tertiary/aromatic N) is 2. The Labute approximate surface area is 200 Å². The third kappa shape index (κ3) is 4.33. The van der Waals surface area contributed by atoms with Crippen LogP contribution in [-0.4, -0.2) is 41.4 Å². The van der Waals surface area contributed by atoms with Gasteiger partial charge in [0.05, 0.1) is 5.54 Å². The molecule has 0 spiro atoms. The third-order valence-corrected chi connectivity index (χ3v) is 6.30. The van der Waals surface area contributed by atoms with Crippen LogP contribution in [0.4, 0.5) is 16.2 Å². The summed E-state index contributed by atoms with van der Waals surface area (Å²) < 4.78 is 0. The highest BCUT2D eigenvalue weighted by Gasteiger charge is 2.35. The first kappa shape index (κ1) is 23.3. The highest BCUT2D eigenvalue weighted by molar-refractivity contribution is 6.16. The molecule has 0 saturated carbocycles. The van der Waals surface area contributed by atoms with Gasteiger partial charge in [-0.2, -0.15) is 0 Å². The van der Waals surface area contributed by atoms with Crippen LogP contribution in [0, 0.1) is 6.92 Å². The van der Waals surface area contributed by atoms with Gasteiger partial charge in [-0.1, -0.05) is 24.3 Å². The summed E-state index contributed by atoms with van der Waals surface area (Å²) in [4.78, 5) is 41.0. The summed E-state index contributed by atoms with van der Waals surface area (Å²) >= 11 is 0. The van der Waals surface area contributed by atoms with Gasteiger partial charge in [0.15, 0.2) is 0 Å². The fraction of sp³-hybridized carbons (Fsp3) is 0.296. The van der Waals surface area contributed by atoms with Crippen molar-refractivity contribution in [2.75, 3.05) is 23.3 Å². The average molecular weight is 459 g/mol. The SMILES string of the molecule is CCN1c2cc(C)c(/C=C3/NC(=O)N(CC(=O)Nc4ccccc4)C3=O)cc2C(C)=CC1(C)C. The van der Waals surface area contributed by atoms with Crippen LogP contribution in [0.25, 0.3) is 11.6 Å². The Morgan fingerprint density at radius 2 is 1.82 bits per heavy atom. The first-order valence-corrected chi connectivity index (χ1v) is 11.4. The van der Waals surface area contributed by atoms with E-state index in [1.54, 1.807) is 30.3 Å². The van der Waals surface area contributed by atoms with Crippen molar-refractivity contribution in [2.24, 2.45) is 0 Å². The minimum absolute atomic E-state index is 0.0888. The Kier molecular flexibility index (Phi) is 6.04. The van der Waals surface area contributed by atoms with Crippen LogP contribution in [0.2, 0.25) is 0 Å². The van der Waals surface area contributed by atoms with Crippen LogP contribution in [-0.2, 0) is 9.59 Å². The number of carbonyl (C=O) groups is 3. The molecule has 2 aromatic rings. The number of para-hydroxylation sites is 1. The maximum Gasteiger partial charge on any atom is 0.329 e. The lowest BCUT2D eigenvalue weighted by atomic mass is 9.87. The van der Waals surface area contributed by atoms with Crippen molar-refractivity contribution in [2.45, 2.75) is 40.2 Å². The topological polar surface area (TPSA) is 81.8 Å². The zero-order chi connectivity index (χ0) is 24.6. The molecule has 2 aromatic carbocycles. The van der Waals surface area contributed by atoms with Gasteiger partial charge < -0.3 is 15.5 Å². The molecule has 1 fully saturated rings. The van der Waals surface area contributed by atoms with E-state index in [2.05, 4.69) is 61.4 Å². The minimum atomic E-state index is -0.606. The number of hydrogen-bond acceptors (Lipinski definition) is 4. The maximum atomic E-state index is 12.9. The third-order valence-electron chi connectivity index (χ3n) is 6.30. The number of imide groups is 1. The zero-order valence-electron chi connectivity index (χ0n) is 20.2. The van der Waals surface area contributed by atoms with Gasteiger partial charge in [0.25, 0.3) is 5.91 Å². The molecule has 7 heteroatoms. The number of amides is 4. The lowest BCUT2D eigenvalue weighted by Crippen LogP contribution is -2.44. The molecular weight excluding hydrogens is 428 g/mol. The molecule has 0 aliphatic carbocycles. The quantitative estimate of drug-likeness (QED) is 0.509. The molecule has 2 heterocycles. The molecule has 176 valence electrons. The average Bonchev–Trinajstić information content (AvgIpc) is 3.02. The van der Waals surface area contributed by atoms with E-state index in [0.717, 1.165) is 33.8 Å². The zero-order valence-corrected chi connectivity index (χ0v) is 20.2. The van der Waals surface area contributed by atoms with Crippen LogP contribution < -0.4 is 15.5 Å². The van der Waals surface area contributed by atoms with Gasteiger partial charge in [-0.3, -0.25) is 9.59 Å². The number of anilines is 2. The lowest BCUT2D eigenvalue weighted by Gasteiger charge is -2.43. The summed E-state index contributed by atoms with van der Waals surface area (Å²) in [5.41, 5.74) is 5.96. The largest absolute Gasteiger partial charge is 0.363 e. The van der Waals surface area contributed by atoms with Gasteiger partial charge >= 0.3 is 6.03 Å². The number of likely N-dealkylation sites (N-methyl/N-ethyl adjacent to an activating group) is 1. The number of allylic oxidation sites excluding steroid dienone is 1. The number of aryl methyl sites for hydroxylation is 1. The van der Waals surface area contributed by atoms with Crippen LogP contribution >= 0.6 is 0 Å². The monoisotopic (exact) mass is 458 g/mol. The Balaban J connectivity index is 1.58. The predicted octanol–water partition coefficient (Wildman–Crippen LogP) is 4.55. The molecular formula is C27H30N4O3.